The second-order valence-electron chi connectivity index (χ2n) is 7.53. The molecule has 0 amide bonds. The Labute approximate surface area is 214 Å². The van der Waals surface area contributed by atoms with Gasteiger partial charge in [-0.1, -0.05) is 60.1 Å². The van der Waals surface area contributed by atoms with Crippen LogP contribution in [0.2, 0.25) is 5.02 Å². The minimum absolute atomic E-state index is 0.146. The van der Waals surface area contributed by atoms with Gasteiger partial charge < -0.3 is 5.11 Å². The molecular formula is C26H21ClN2O2S3. The van der Waals surface area contributed by atoms with Crippen molar-refractivity contribution < 1.29 is 9.32 Å². The molecule has 34 heavy (non-hydrogen) atoms. The largest absolute Gasteiger partial charge is 0.391 e. The highest BCUT2D eigenvalue weighted by atomic mass is 35.5. The molecule has 1 N–H and O–H groups in total. The van der Waals surface area contributed by atoms with Crippen molar-refractivity contribution in [2.45, 2.75) is 16.9 Å². The summed E-state index contributed by atoms with van der Waals surface area (Å²) in [5, 5.41) is 23.7. The first-order valence-electron chi connectivity index (χ1n) is 10.5. The molecular weight excluding hydrogens is 504 g/mol. The highest BCUT2D eigenvalue weighted by Crippen LogP contribution is 2.35. The van der Waals surface area contributed by atoms with E-state index in [-0.39, 0.29) is 11.5 Å². The summed E-state index contributed by atoms with van der Waals surface area (Å²) < 4.78 is 12.5. The van der Waals surface area contributed by atoms with E-state index in [0.717, 1.165) is 27.3 Å². The lowest BCUT2D eigenvalue weighted by atomic mass is 10.0. The first kappa shape index (κ1) is 24.6. The third-order valence-corrected chi connectivity index (χ3v) is 8.66. The van der Waals surface area contributed by atoms with Crippen molar-refractivity contribution in [3.63, 3.8) is 0 Å². The summed E-state index contributed by atoms with van der Waals surface area (Å²) in [6.07, 6.45) is -0.794. The Morgan fingerprint density at radius 1 is 1.12 bits per heavy atom. The average Bonchev–Trinajstić information content (AvgIpc) is 3.39. The minimum atomic E-state index is -1.23. The molecule has 2 atom stereocenters. The Kier molecular flexibility index (Phi) is 8.54. The molecule has 8 heteroatoms. The van der Waals surface area contributed by atoms with Crippen LogP contribution in [-0.2, 0) is 16.6 Å². The number of nitriles is 1. The second-order valence-corrected chi connectivity index (χ2v) is 11.4. The van der Waals surface area contributed by atoms with Crippen LogP contribution in [0.4, 0.5) is 0 Å². The maximum absolute atomic E-state index is 12.5. The molecule has 0 aliphatic rings. The minimum Gasteiger partial charge on any atom is -0.391 e. The molecule has 0 saturated heterocycles. The van der Waals surface area contributed by atoms with Crippen LogP contribution in [0.15, 0.2) is 83.2 Å². The highest BCUT2D eigenvalue weighted by Gasteiger charge is 2.18. The van der Waals surface area contributed by atoms with Crippen LogP contribution in [0.1, 0.15) is 11.1 Å². The SMILES string of the molecule is N#Cc1c(-c2ccccc2)cc(-c2cccs2)nc1SC[C@H](O)C[S@@](=O)Cc1ccc(Cl)cc1. The fourth-order valence-corrected chi connectivity index (χ4v) is 6.51. The smallest absolute Gasteiger partial charge is 0.115 e. The molecule has 4 nitrogen and oxygen atoms in total. The number of thiophene rings is 1. The van der Waals surface area contributed by atoms with Gasteiger partial charge in [0.05, 0.1) is 28.0 Å². The highest BCUT2D eigenvalue weighted by molar-refractivity contribution is 7.99. The number of rotatable bonds is 9. The zero-order valence-electron chi connectivity index (χ0n) is 18.1. The molecule has 2 aromatic heterocycles. The molecule has 0 aliphatic carbocycles. The standard InChI is InChI=1S/C26H21ClN2O2S3/c27-20-10-8-18(9-11-20)16-34(31)17-21(30)15-33-26-23(14-28)22(19-5-2-1-3-6-19)13-24(29-26)25-7-4-12-32-25/h1-13,21,30H,15-17H2/t21-,34-/m0/s1. The summed E-state index contributed by atoms with van der Waals surface area (Å²) in [5.41, 5.74) is 3.92. The van der Waals surface area contributed by atoms with Gasteiger partial charge in [-0.05, 0) is 40.8 Å². The predicted octanol–water partition coefficient (Wildman–Crippen LogP) is 6.40. The van der Waals surface area contributed by atoms with Crippen molar-refractivity contribution in [3.05, 3.63) is 94.3 Å². The molecule has 4 rings (SSSR count). The van der Waals surface area contributed by atoms with E-state index in [0.29, 0.717) is 21.4 Å². The maximum Gasteiger partial charge on any atom is 0.115 e. The zero-order valence-corrected chi connectivity index (χ0v) is 21.3. The molecule has 0 bridgehead atoms. The topological polar surface area (TPSA) is 74.0 Å². The van der Waals surface area contributed by atoms with Crippen LogP contribution in [0, 0.1) is 11.3 Å². The van der Waals surface area contributed by atoms with Crippen molar-refractivity contribution in [2.75, 3.05) is 11.5 Å². The number of aromatic nitrogens is 1. The van der Waals surface area contributed by atoms with E-state index in [9.17, 15) is 14.6 Å². The van der Waals surface area contributed by atoms with Crippen molar-refractivity contribution in [1.29, 1.82) is 5.26 Å². The number of thioether (sulfide) groups is 1. The Balaban J connectivity index is 1.52. The molecule has 2 heterocycles. The summed E-state index contributed by atoms with van der Waals surface area (Å²) in [7, 11) is -1.23. The normalized spacial score (nSPS) is 12.7. The summed E-state index contributed by atoms with van der Waals surface area (Å²) in [4.78, 5) is 5.76. The van der Waals surface area contributed by atoms with Gasteiger partial charge in [-0.15, -0.1) is 23.1 Å². The van der Waals surface area contributed by atoms with Crippen LogP contribution < -0.4 is 0 Å². The Morgan fingerprint density at radius 2 is 1.88 bits per heavy atom. The van der Waals surface area contributed by atoms with Crippen molar-refractivity contribution >= 4 is 45.5 Å². The van der Waals surface area contributed by atoms with E-state index in [1.807, 2.05) is 66.0 Å². The van der Waals surface area contributed by atoms with Crippen molar-refractivity contribution in [2.24, 2.45) is 0 Å². The van der Waals surface area contributed by atoms with E-state index in [4.69, 9.17) is 16.6 Å². The van der Waals surface area contributed by atoms with Crippen LogP contribution in [0.3, 0.4) is 0 Å². The molecule has 0 spiro atoms. The van der Waals surface area contributed by atoms with Gasteiger partial charge in [0.1, 0.15) is 11.1 Å². The van der Waals surface area contributed by atoms with E-state index in [1.165, 1.54) is 11.8 Å². The molecule has 4 aromatic rings. The number of hydrogen-bond acceptors (Lipinski definition) is 6. The third kappa shape index (κ3) is 6.35. The van der Waals surface area contributed by atoms with E-state index >= 15 is 0 Å². The average molecular weight is 525 g/mol. The molecule has 172 valence electrons. The Morgan fingerprint density at radius 3 is 2.56 bits per heavy atom. The first-order valence-corrected chi connectivity index (χ1v) is 14.2. The van der Waals surface area contributed by atoms with Gasteiger partial charge in [0.25, 0.3) is 0 Å². The fourth-order valence-electron chi connectivity index (χ4n) is 3.39. The fraction of sp³-hybridized carbons (Fsp3) is 0.154. The summed E-state index contributed by atoms with van der Waals surface area (Å²) in [5.74, 6) is 0.788. The van der Waals surface area contributed by atoms with Crippen LogP contribution >= 0.6 is 34.7 Å². The second kappa shape index (κ2) is 11.8. The van der Waals surface area contributed by atoms with Gasteiger partial charge >= 0.3 is 0 Å². The molecule has 0 aliphatic heterocycles. The summed E-state index contributed by atoms with van der Waals surface area (Å²) in [6.45, 7) is 0. The number of halogens is 1. The predicted molar refractivity (Wildman–Crippen MR) is 143 cm³/mol. The van der Waals surface area contributed by atoms with Crippen LogP contribution in [-0.4, -0.2) is 31.9 Å². The lowest BCUT2D eigenvalue weighted by molar-refractivity contribution is 0.224. The Bertz CT molecular complexity index is 1300. The molecule has 2 aromatic carbocycles. The van der Waals surface area contributed by atoms with E-state index < -0.39 is 16.9 Å². The zero-order chi connectivity index (χ0) is 23.9. The van der Waals surface area contributed by atoms with Gasteiger partial charge in [-0.2, -0.15) is 5.26 Å². The lowest BCUT2D eigenvalue weighted by Crippen LogP contribution is -2.20. The maximum atomic E-state index is 12.5. The van der Waals surface area contributed by atoms with Gasteiger partial charge in [0, 0.05) is 32.9 Å². The quantitative estimate of drug-likeness (QED) is 0.256. The van der Waals surface area contributed by atoms with Gasteiger partial charge in [0.15, 0.2) is 0 Å². The molecule has 0 unspecified atom stereocenters. The first-order chi connectivity index (χ1) is 16.5. The summed E-state index contributed by atoms with van der Waals surface area (Å²) in [6, 6.07) is 25.2. The molecule has 0 radical (unpaired) electrons. The Hall–Kier alpha value is -2.47. The molecule has 0 saturated carbocycles. The lowest BCUT2D eigenvalue weighted by Gasteiger charge is -2.14. The number of aliphatic hydroxyl groups is 1. The number of hydrogen-bond donors (Lipinski definition) is 1. The van der Waals surface area contributed by atoms with Gasteiger partial charge in [0.2, 0.25) is 0 Å². The van der Waals surface area contributed by atoms with Gasteiger partial charge in [-0.25, -0.2) is 4.98 Å². The monoisotopic (exact) mass is 524 g/mol. The van der Waals surface area contributed by atoms with E-state index in [1.54, 1.807) is 23.5 Å². The summed E-state index contributed by atoms with van der Waals surface area (Å²) >= 11 is 8.81. The van der Waals surface area contributed by atoms with Crippen molar-refractivity contribution in [1.82, 2.24) is 4.98 Å². The number of nitrogens with zero attached hydrogens (tertiary/aromatic N) is 2. The number of aliphatic hydroxyl groups excluding tert-OH is 1. The number of benzene rings is 2. The number of pyridine rings is 1. The van der Waals surface area contributed by atoms with Gasteiger partial charge in [-0.3, -0.25) is 4.21 Å². The van der Waals surface area contributed by atoms with Crippen LogP contribution in [0.5, 0.6) is 0 Å². The van der Waals surface area contributed by atoms with Crippen LogP contribution in [0.25, 0.3) is 21.7 Å². The molecule has 0 fully saturated rings. The third-order valence-electron chi connectivity index (χ3n) is 4.99. The van der Waals surface area contributed by atoms with E-state index in [2.05, 4.69) is 6.07 Å². The van der Waals surface area contributed by atoms with Crippen molar-refractivity contribution in [3.8, 4) is 27.8 Å².